The van der Waals surface area contributed by atoms with Crippen LogP contribution in [-0.4, -0.2) is 27.9 Å². The van der Waals surface area contributed by atoms with E-state index in [-0.39, 0.29) is 11.4 Å². The highest BCUT2D eigenvalue weighted by Gasteiger charge is 2.30. The van der Waals surface area contributed by atoms with Crippen molar-refractivity contribution >= 4 is 23.5 Å². The van der Waals surface area contributed by atoms with Crippen molar-refractivity contribution in [1.82, 2.24) is 4.98 Å². The highest BCUT2D eigenvalue weighted by molar-refractivity contribution is 6.29. The number of carbonyl (C=O) groups excluding carboxylic acids is 2. The van der Waals surface area contributed by atoms with Crippen molar-refractivity contribution in [2.75, 3.05) is 4.90 Å². The number of carbonyl (C=O) groups is 3. The number of aryl methyl sites for hydroxylation is 1. The molecule has 0 unspecified atom stereocenters. The quantitative estimate of drug-likeness (QED) is 0.708. The Hall–Kier alpha value is -2.37. The molecule has 0 saturated carbocycles. The van der Waals surface area contributed by atoms with Crippen LogP contribution in [0.25, 0.3) is 0 Å². The number of aromatic amines is 1. The van der Waals surface area contributed by atoms with Gasteiger partial charge in [0.15, 0.2) is 0 Å². The number of imide groups is 1. The minimum atomic E-state index is -1.21. The van der Waals surface area contributed by atoms with Crippen LogP contribution in [0.3, 0.4) is 0 Å². The first-order chi connectivity index (χ1) is 7.50. The van der Waals surface area contributed by atoms with Crippen molar-refractivity contribution in [3.63, 3.8) is 0 Å². The number of carboxylic acids is 1. The van der Waals surface area contributed by atoms with Crippen LogP contribution >= 0.6 is 0 Å². The molecule has 2 N–H and O–H groups in total. The van der Waals surface area contributed by atoms with E-state index in [9.17, 15) is 14.4 Å². The first-order valence-electron chi connectivity index (χ1n) is 4.49. The van der Waals surface area contributed by atoms with Gasteiger partial charge in [0.1, 0.15) is 5.69 Å². The van der Waals surface area contributed by atoms with Gasteiger partial charge in [-0.25, -0.2) is 9.69 Å². The molecule has 0 saturated heterocycles. The van der Waals surface area contributed by atoms with E-state index < -0.39 is 17.8 Å². The average molecular weight is 220 g/mol. The standard InChI is InChI=1S/C10H8N2O4/c1-5-4-6(9(11-5)10(15)16)12-7(13)2-3-8(12)14/h2-4,11H,1H3,(H,15,16). The first-order valence-corrected chi connectivity index (χ1v) is 4.49. The number of rotatable bonds is 2. The van der Waals surface area contributed by atoms with Crippen LogP contribution in [0.4, 0.5) is 5.69 Å². The maximum absolute atomic E-state index is 11.4. The summed E-state index contributed by atoms with van der Waals surface area (Å²) in [6.45, 7) is 1.65. The average Bonchev–Trinajstić information content (AvgIpc) is 2.70. The van der Waals surface area contributed by atoms with E-state index >= 15 is 0 Å². The molecule has 2 heterocycles. The number of nitrogens with one attached hydrogen (secondary N) is 1. The zero-order valence-electron chi connectivity index (χ0n) is 8.35. The number of hydrogen-bond donors (Lipinski definition) is 2. The summed E-state index contributed by atoms with van der Waals surface area (Å²) in [5.74, 6) is -2.28. The Morgan fingerprint density at radius 3 is 2.38 bits per heavy atom. The van der Waals surface area contributed by atoms with Gasteiger partial charge in [0, 0.05) is 17.8 Å². The third-order valence-corrected chi connectivity index (χ3v) is 2.20. The number of aromatic carboxylic acids is 1. The van der Waals surface area contributed by atoms with Gasteiger partial charge in [-0.2, -0.15) is 0 Å². The van der Waals surface area contributed by atoms with E-state index in [1.807, 2.05) is 0 Å². The highest BCUT2D eigenvalue weighted by Crippen LogP contribution is 2.24. The lowest BCUT2D eigenvalue weighted by molar-refractivity contribution is -0.119. The third kappa shape index (κ3) is 1.40. The molecule has 82 valence electrons. The molecule has 1 aliphatic heterocycles. The molecule has 0 aliphatic carbocycles. The maximum atomic E-state index is 11.4. The van der Waals surface area contributed by atoms with Gasteiger partial charge < -0.3 is 10.1 Å². The van der Waals surface area contributed by atoms with Crippen molar-refractivity contribution in [3.05, 3.63) is 29.6 Å². The molecule has 2 rings (SSSR count). The summed E-state index contributed by atoms with van der Waals surface area (Å²) in [5.41, 5.74) is 0.479. The van der Waals surface area contributed by atoms with Gasteiger partial charge in [-0.05, 0) is 13.0 Å². The van der Waals surface area contributed by atoms with Crippen LogP contribution in [0.5, 0.6) is 0 Å². The van der Waals surface area contributed by atoms with Crippen LogP contribution in [0, 0.1) is 6.92 Å². The molecule has 0 atom stereocenters. The van der Waals surface area contributed by atoms with E-state index in [0.717, 1.165) is 17.1 Å². The molecule has 1 aromatic rings. The van der Waals surface area contributed by atoms with Gasteiger partial charge in [0.2, 0.25) is 0 Å². The minimum absolute atomic E-state index is 0.0741. The second-order valence-corrected chi connectivity index (χ2v) is 3.36. The summed E-state index contributed by atoms with van der Waals surface area (Å²) in [5, 5.41) is 8.91. The largest absolute Gasteiger partial charge is 0.477 e. The summed E-state index contributed by atoms with van der Waals surface area (Å²) in [4.78, 5) is 37.1. The van der Waals surface area contributed by atoms with Crippen LogP contribution in [0.2, 0.25) is 0 Å². The van der Waals surface area contributed by atoms with E-state index in [1.165, 1.54) is 6.07 Å². The molecule has 6 nitrogen and oxygen atoms in total. The zero-order valence-corrected chi connectivity index (χ0v) is 8.35. The third-order valence-electron chi connectivity index (χ3n) is 2.20. The SMILES string of the molecule is Cc1cc(N2C(=O)C=CC2=O)c(C(=O)O)[nH]1. The topological polar surface area (TPSA) is 90.5 Å². The van der Waals surface area contributed by atoms with Crippen molar-refractivity contribution in [2.24, 2.45) is 0 Å². The Kier molecular flexibility index (Phi) is 2.12. The molecule has 16 heavy (non-hydrogen) atoms. The van der Waals surface area contributed by atoms with Gasteiger partial charge in [-0.3, -0.25) is 9.59 Å². The number of anilines is 1. The maximum Gasteiger partial charge on any atom is 0.354 e. The molecule has 0 aromatic carbocycles. The molecule has 6 heteroatoms. The Morgan fingerprint density at radius 2 is 1.88 bits per heavy atom. The second-order valence-electron chi connectivity index (χ2n) is 3.36. The summed E-state index contributed by atoms with van der Waals surface area (Å²) < 4.78 is 0. The van der Waals surface area contributed by atoms with Gasteiger partial charge in [0.05, 0.1) is 5.69 Å². The lowest BCUT2D eigenvalue weighted by Crippen LogP contribution is -2.30. The molecule has 0 spiro atoms. The molecule has 0 radical (unpaired) electrons. The lowest BCUT2D eigenvalue weighted by atomic mass is 10.3. The Balaban J connectivity index is 2.52. The van der Waals surface area contributed by atoms with Crippen LogP contribution in [0.1, 0.15) is 16.2 Å². The molecule has 0 fully saturated rings. The smallest absolute Gasteiger partial charge is 0.354 e. The highest BCUT2D eigenvalue weighted by atomic mass is 16.4. The molecule has 0 bridgehead atoms. The molecule has 2 amide bonds. The molecule has 1 aliphatic rings. The van der Waals surface area contributed by atoms with Crippen molar-refractivity contribution < 1.29 is 19.5 Å². The summed E-state index contributed by atoms with van der Waals surface area (Å²) >= 11 is 0. The number of aromatic nitrogens is 1. The number of hydrogen-bond acceptors (Lipinski definition) is 3. The fraction of sp³-hybridized carbons (Fsp3) is 0.100. The van der Waals surface area contributed by atoms with Crippen molar-refractivity contribution in [2.45, 2.75) is 6.92 Å². The van der Waals surface area contributed by atoms with Gasteiger partial charge in [0.25, 0.3) is 11.8 Å². The molecular formula is C10H8N2O4. The summed E-state index contributed by atoms with van der Waals surface area (Å²) in [7, 11) is 0. The number of H-pyrrole nitrogens is 1. The van der Waals surface area contributed by atoms with Crippen LogP contribution < -0.4 is 4.90 Å². The zero-order chi connectivity index (χ0) is 11.9. The van der Waals surface area contributed by atoms with Crippen molar-refractivity contribution in [3.8, 4) is 0 Å². The Morgan fingerprint density at radius 1 is 1.31 bits per heavy atom. The van der Waals surface area contributed by atoms with Gasteiger partial charge in [-0.1, -0.05) is 0 Å². The van der Waals surface area contributed by atoms with Crippen molar-refractivity contribution in [1.29, 1.82) is 0 Å². The second kappa shape index (κ2) is 3.34. The fourth-order valence-corrected chi connectivity index (χ4v) is 1.55. The van der Waals surface area contributed by atoms with Gasteiger partial charge >= 0.3 is 5.97 Å². The van der Waals surface area contributed by atoms with Crippen LogP contribution in [0.15, 0.2) is 18.2 Å². The van der Waals surface area contributed by atoms with E-state index in [2.05, 4.69) is 4.98 Å². The molecular weight excluding hydrogens is 212 g/mol. The van der Waals surface area contributed by atoms with E-state index in [0.29, 0.717) is 5.69 Å². The normalized spacial score (nSPS) is 14.9. The summed E-state index contributed by atoms with van der Waals surface area (Å²) in [6.07, 6.45) is 2.21. The predicted octanol–water partition coefficient (Wildman–Crippen LogP) is 0.451. The lowest BCUT2D eigenvalue weighted by Gasteiger charge is -2.12. The number of nitrogens with zero attached hydrogens (tertiary/aromatic N) is 1. The Labute approximate surface area is 90.2 Å². The van der Waals surface area contributed by atoms with Crippen LogP contribution in [-0.2, 0) is 9.59 Å². The number of amides is 2. The number of carboxylic acid groups (broad SMARTS) is 1. The summed E-state index contributed by atoms with van der Waals surface area (Å²) in [6, 6.07) is 1.45. The van der Waals surface area contributed by atoms with Gasteiger partial charge in [-0.15, -0.1) is 0 Å². The monoisotopic (exact) mass is 220 g/mol. The van der Waals surface area contributed by atoms with E-state index in [1.54, 1.807) is 6.92 Å². The predicted molar refractivity (Wildman–Crippen MR) is 54.1 cm³/mol. The molecule has 1 aromatic heterocycles. The Bertz CT molecular complexity index is 509. The fourth-order valence-electron chi connectivity index (χ4n) is 1.55. The first kappa shape index (κ1) is 10.2. The minimum Gasteiger partial charge on any atom is -0.477 e. The van der Waals surface area contributed by atoms with E-state index in [4.69, 9.17) is 5.11 Å².